The van der Waals surface area contributed by atoms with Crippen LogP contribution in [-0.4, -0.2) is 0 Å². The lowest BCUT2D eigenvalue weighted by Gasteiger charge is -2.20. The Hall–Kier alpha value is -1.87. The molecule has 0 N–H and O–H groups in total. The number of benzene rings is 2. The van der Waals surface area contributed by atoms with Crippen molar-refractivity contribution in [3.8, 4) is 6.07 Å². The van der Waals surface area contributed by atoms with Gasteiger partial charge < -0.3 is 0 Å². The van der Waals surface area contributed by atoms with Gasteiger partial charge in [0.15, 0.2) is 23.3 Å². The molecule has 26 heavy (non-hydrogen) atoms. The van der Waals surface area contributed by atoms with Crippen LogP contribution in [0.25, 0.3) is 0 Å². The summed E-state index contributed by atoms with van der Waals surface area (Å²) in [4.78, 5) is 0. The fourth-order valence-corrected chi connectivity index (χ4v) is 2.58. The Morgan fingerprint density at radius 2 is 1.38 bits per heavy atom. The van der Waals surface area contributed by atoms with Gasteiger partial charge in [-0.3, -0.25) is 0 Å². The highest BCUT2D eigenvalue weighted by Crippen LogP contribution is 2.29. The van der Waals surface area contributed by atoms with Crippen LogP contribution in [0.5, 0.6) is 0 Å². The third-order valence-corrected chi connectivity index (χ3v) is 4.16. The molecule has 1 nitrogen and oxygen atoms in total. The molecule has 6 heteroatoms. The van der Waals surface area contributed by atoms with E-state index < -0.39 is 28.7 Å². The first-order valence-corrected chi connectivity index (χ1v) is 8.61. The number of halogens is 5. The van der Waals surface area contributed by atoms with E-state index in [2.05, 4.69) is 15.9 Å². The van der Waals surface area contributed by atoms with Gasteiger partial charge in [0, 0.05) is 10.0 Å². The monoisotopic (exact) mass is 429 g/mol. The number of nitrogens with zero attached hydrogens (tertiary/aromatic N) is 1. The van der Waals surface area contributed by atoms with Crippen molar-refractivity contribution in [3.63, 3.8) is 0 Å². The van der Waals surface area contributed by atoms with Crippen molar-refractivity contribution in [3.05, 3.63) is 69.2 Å². The first-order chi connectivity index (χ1) is 11.8. The molecule has 0 atom stereocenters. The molecule has 0 aliphatic carbocycles. The number of hydrogen-bond acceptors (Lipinski definition) is 1. The third kappa shape index (κ3) is 5.31. The summed E-state index contributed by atoms with van der Waals surface area (Å²) in [7, 11) is 0. The zero-order valence-corrected chi connectivity index (χ0v) is 16.8. The van der Waals surface area contributed by atoms with E-state index in [9.17, 15) is 17.6 Å². The van der Waals surface area contributed by atoms with Crippen molar-refractivity contribution in [2.24, 2.45) is 0 Å². The molecular weight excluding hydrogens is 410 g/mol. The molecule has 0 fully saturated rings. The van der Waals surface area contributed by atoms with Gasteiger partial charge in [-0.1, -0.05) is 48.8 Å². The Balaban J connectivity index is 0.000000260. The standard InChI is InChI=1S/C10H11BrF2.C10H9F2N/c1-10(2,3)7-4-6(11)5-8(12)9(7)13;1-10(2,6-13)7-4-3-5-8(11)9(7)12/h4-5H,1-3H3;3-5H,1-2H3. The molecule has 0 saturated carbocycles. The Morgan fingerprint density at radius 3 is 1.88 bits per heavy atom. The molecule has 0 amide bonds. The third-order valence-electron chi connectivity index (χ3n) is 3.71. The minimum absolute atomic E-state index is 0.0926. The zero-order chi connectivity index (χ0) is 20.3. The second-order valence-corrected chi connectivity index (χ2v) is 8.25. The van der Waals surface area contributed by atoms with Crippen LogP contribution in [0.2, 0.25) is 0 Å². The van der Waals surface area contributed by atoms with Gasteiger partial charge in [0.25, 0.3) is 0 Å². The van der Waals surface area contributed by atoms with Crippen molar-refractivity contribution in [2.75, 3.05) is 0 Å². The van der Waals surface area contributed by atoms with Crippen molar-refractivity contribution in [1.82, 2.24) is 0 Å². The Morgan fingerprint density at radius 1 is 0.846 bits per heavy atom. The summed E-state index contributed by atoms with van der Waals surface area (Å²) in [5, 5.41) is 8.72. The number of rotatable bonds is 1. The maximum atomic E-state index is 13.3. The van der Waals surface area contributed by atoms with Crippen LogP contribution in [-0.2, 0) is 10.8 Å². The second-order valence-electron chi connectivity index (χ2n) is 7.34. The van der Waals surface area contributed by atoms with E-state index in [0.717, 1.165) is 12.1 Å². The topological polar surface area (TPSA) is 23.8 Å². The maximum absolute atomic E-state index is 13.3. The Bertz CT molecular complexity index is 829. The molecule has 0 spiro atoms. The molecule has 0 unspecified atom stereocenters. The molecule has 0 bridgehead atoms. The van der Waals surface area contributed by atoms with Crippen molar-refractivity contribution >= 4 is 15.9 Å². The van der Waals surface area contributed by atoms with E-state index in [1.165, 1.54) is 12.1 Å². The Labute approximate surface area is 159 Å². The molecule has 2 rings (SSSR count). The highest BCUT2D eigenvalue weighted by atomic mass is 79.9. The van der Waals surface area contributed by atoms with Crippen LogP contribution in [0.1, 0.15) is 45.7 Å². The van der Waals surface area contributed by atoms with Gasteiger partial charge >= 0.3 is 0 Å². The minimum atomic E-state index is -0.994. The quantitative estimate of drug-likeness (QED) is 0.361. The number of nitriles is 1. The second kappa shape index (κ2) is 8.22. The van der Waals surface area contributed by atoms with E-state index in [1.54, 1.807) is 19.9 Å². The number of hydrogen-bond donors (Lipinski definition) is 0. The largest absolute Gasteiger partial charge is 0.204 e. The first-order valence-electron chi connectivity index (χ1n) is 7.82. The summed E-state index contributed by atoms with van der Waals surface area (Å²) >= 11 is 3.13. The highest BCUT2D eigenvalue weighted by molar-refractivity contribution is 9.10. The van der Waals surface area contributed by atoms with E-state index in [4.69, 9.17) is 5.26 Å². The van der Waals surface area contributed by atoms with Gasteiger partial charge in [0.1, 0.15) is 0 Å². The summed E-state index contributed by atoms with van der Waals surface area (Å²) in [5.41, 5.74) is -0.893. The maximum Gasteiger partial charge on any atom is 0.163 e. The summed E-state index contributed by atoms with van der Waals surface area (Å²) in [5.74, 6) is -3.41. The van der Waals surface area contributed by atoms with Gasteiger partial charge in [-0.25, -0.2) is 17.6 Å². The molecule has 0 radical (unpaired) electrons. The molecular formula is C20H20BrF4N. The van der Waals surface area contributed by atoms with Crippen molar-refractivity contribution < 1.29 is 17.6 Å². The first kappa shape index (κ1) is 22.2. The lowest BCUT2D eigenvalue weighted by Crippen LogP contribution is -2.16. The molecule has 2 aromatic rings. The minimum Gasteiger partial charge on any atom is -0.204 e. The van der Waals surface area contributed by atoms with E-state index >= 15 is 0 Å². The molecule has 0 aliphatic heterocycles. The average Bonchev–Trinajstić information content (AvgIpc) is 2.53. The lowest BCUT2D eigenvalue weighted by atomic mass is 9.86. The molecule has 2 aromatic carbocycles. The van der Waals surface area contributed by atoms with Crippen LogP contribution in [0.15, 0.2) is 34.8 Å². The lowest BCUT2D eigenvalue weighted by molar-refractivity contribution is 0.464. The molecule has 0 aliphatic rings. The fourth-order valence-electron chi connectivity index (χ4n) is 2.15. The normalized spacial score (nSPS) is 11.4. The van der Waals surface area contributed by atoms with Crippen LogP contribution >= 0.6 is 15.9 Å². The predicted octanol–water partition coefficient (Wildman–Crippen LogP) is 6.79. The summed E-state index contributed by atoms with van der Waals surface area (Å²) in [6.45, 7) is 8.63. The van der Waals surface area contributed by atoms with Gasteiger partial charge in [-0.05, 0) is 43.0 Å². The Kier molecular flexibility index (Phi) is 7.01. The fraction of sp³-hybridized carbons (Fsp3) is 0.350. The summed E-state index contributed by atoms with van der Waals surface area (Å²) in [6.07, 6.45) is 0. The van der Waals surface area contributed by atoms with Gasteiger partial charge in [-0.2, -0.15) is 5.26 Å². The van der Waals surface area contributed by atoms with Crippen molar-refractivity contribution in [1.29, 1.82) is 5.26 Å². The van der Waals surface area contributed by atoms with E-state index in [1.807, 2.05) is 26.8 Å². The van der Waals surface area contributed by atoms with Crippen LogP contribution in [0.4, 0.5) is 17.6 Å². The van der Waals surface area contributed by atoms with Gasteiger partial charge in [-0.15, -0.1) is 0 Å². The summed E-state index contributed by atoms with van der Waals surface area (Å²) < 4.78 is 52.7. The zero-order valence-electron chi connectivity index (χ0n) is 15.2. The predicted molar refractivity (Wildman–Crippen MR) is 97.8 cm³/mol. The van der Waals surface area contributed by atoms with Gasteiger partial charge in [0.2, 0.25) is 0 Å². The van der Waals surface area contributed by atoms with E-state index in [-0.39, 0.29) is 11.0 Å². The average molecular weight is 430 g/mol. The molecule has 0 aromatic heterocycles. The van der Waals surface area contributed by atoms with Crippen LogP contribution in [0.3, 0.4) is 0 Å². The van der Waals surface area contributed by atoms with Crippen molar-refractivity contribution in [2.45, 2.75) is 45.4 Å². The SMILES string of the molecule is CC(C)(C#N)c1cccc(F)c1F.CC(C)(C)c1cc(Br)cc(F)c1F. The summed E-state index contributed by atoms with van der Waals surface area (Å²) in [6, 6.07) is 8.51. The van der Waals surface area contributed by atoms with Crippen LogP contribution in [0, 0.1) is 34.6 Å². The molecule has 140 valence electrons. The van der Waals surface area contributed by atoms with Crippen LogP contribution < -0.4 is 0 Å². The smallest absolute Gasteiger partial charge is 0.163 e. The molecule has 0 saturated heterocycles. The van der Waals surface area contributed by atoms with Gasteiger partial charge in [0.05, 0.1) is 11.5 Å². The highest BCUT2D eigenvalue weighted by Gasteiger charge is 2.25. The van der Waals surface area contributed by atoms with E-state index in [0.29, 0.717) is 10.0 Å². The molecule has 0 heterocycles.